The van der Waals surface area contributed by atoms with Gasteiger partial charge in [0.1, 0.15) is 5.82 Å². The van der Waals surface area contributed by atoms with Crippen molar-refractivity contribution >= 4 is 11.8 Å². The zero-order valence-electron chi connectivity index (χ0n) is 13.6. The highest BCUT2D eigenvalue weighted by molar-refractivity contribution is 5.75. The number of hydrogen-bond donors (Lipinski definition) is 2. The minimum Gasteiger partial charge on any atom is -0.354 e. The lowest BCUT2D eigenvalue weighted by molar-refractivity contribution is 0.234. The zero-order valence-corrected chi connectivity index (χ0v) is 13.6. The number of fused-ring (bicyclic) bond motifs is 1. The first kappa shape index (κ1) is 15.0. The van der Waals surface area contributed by atoms with Gasteiger partial charge in [-0.25, -0.2) is 9.78 Å². The van der Waals surface area contributed by atoms with Crippen LogP contribution in [0.3, 0.4) is 0 Å². The second kappa shape index (κ2) is 6.51. The second-order valence-corrected chi connectivity index (χ2v) is 6.61. The maximum Gasteiger partial charge on any atom is 0.315 e. The Balaban J connectivity index is 1.27. The van der Waals surface area contributed by atoms with E-state index < -0.39 is 0 Å². The Bertz CT molecular complexity index is 693. The van der Waals surface area contributed by atoms with Crippen molar-refractivity contribution in [3.63, 3.8) is 0 Å². The largest absolute Gasteiger partial charge is 0.354 e. The number of carbonyl (C=O) groups is 1. The van der Waals surface area contributed by atoms with Crippen molar-refractivity contribution in [2.75, 3.05) is 18.0 Å². The number of nitrogens with zero attached hydrogens (tertiary/aromatic N) is 2. The number of aromatic nitrogens is 1. The van der Waals surface area contributed by atoms with Crippen molar-refractivity contribution in [2.24, 2.45) is 0 Å². The van der Waals surface area contributed by atoms with Gasteiger partial charge in [-0.3, -0.25) is 0 Å². The van der Waals surface area contributed by atoms with Gasteiger partial charge >= 0.3 is 6.03 Å². The number of amides is 2. The number of benzene rings is 1. The molecule has 0 bridgehead atoms. The average Bonchev–Trinajstić information content (AvgIpc) is 3.21. The van der Waals surface area contributed by atoms with Crippen molar-refractivity contribution in [3.05, 3.63) is 59.8 Å². The number of urea groups is 1. The maximum absolute atomic E-state index is 12.3. The molecule has 0 spiro atoms. The molecule has 1 aliphatic heterocycles. The summed E-state index contributed by atoms with van der Waals surface area (Å²) >= 11 is 0. The van der Waals surface area contributed by atoms with E-state index in [0.29, 0.717) is 0 Å². The summed E-state index contributed by atoms with van der Waals surface area (Å²) in [5.41, 5.74) is 2.70. The van der Waals surface area contributed by atoms with Crippen molar-refractivity contribution in [2.45, 2.75) is 31.3 Å². The van der Waals surface area contributed by atoms with Crippen molar-refractivity contribution < 1.29 is 4.79 Å². The third-order valence-corrected chi connectivity index (χ3v) is 4.88. The van der Waals surface area contributed by atoms with Crippen LogP contribution in [0.4, 0.5) is 10.6 Å². The fraction of sp³-hybridized carbons (Fsp3) is 0.368. The summed E-state index contributed by atoms with van der Waals surface area (Å²) < 4.78 is 0. The first-order chi connectivity index (χ1) is 11.8. The smallest absolute Gasteiger partial charge is 0.315 e. The molecule has 1 saturated heterocycles. The van der Waals surface area contributed by atoms with E-state index in [4.69, 9.17) is 0 Å². The van der Waals surface area contributed by atoms with Crippen LogP contribution in [0.25, 0.3) is 0 Å². The summed E-state index contributed by atoms with van der Waals surface area (Å²) in [6.07, 6.45) is 4.61. The van der Waals surface area contributed by atoms with E-state index in [2.05, 4.69) is 44.8 Å². The fourth-order valence-electron chi connectivity index (χ4n) is 3.70. The van der Waals surface area contributed by atoms with Crippen LogP contribution in [0.2, 0.25) is 0 Å². The third kappa shape index (κ3) is 3.20. The lowest BCUT2D eigenvalue weighted by atomic mass is 10.1. The Morgan fingerprint density at radius 3 is 2.42 bits per heavy atom. The van der Waals surface area contributed by atoms with Gasteiger partial charge < -0.3 is 15.5 Å². The van der Waals surface area contributed by atoms with E-state index in [1.165, 1.54) is 11.1 Å². The van der Waals surface area contributed by atoms with Crippen LogP contribution in [-0.4, -0.2) is 36.2 Å². The van der Waals surface area contributed by atoms with Crippen LogP contribution >= 0.6 is 0 Å². The van der Waals surface area contributed by atoms with Crippen LogP contribution in [0.1, 0.15) is 17.5 Å². The molecule has 4 rings (SSSR count). The van der Waals surface area contributed by atoms with Crippen LogP contribution in [-0.2, 0) is 12.8 Å². The topological polar surface area (TPSA) is 57.3 Å². The van der Waals surface area contributed by atoms with Crippen LogP contribution < -0.4 is 15.5 Å². The number of rotatable bonds is 3. The lowest BCUT2D eigenvalue weighted by Crippen LogP contribution is -2.47. The molecular formula is C19H22N4O. The summed E-state index contributed by atoms with van der Waals surface area (Å²) in [6.45, 7) is 1.74. The summed E-state index contributed by atoms with van der Waals surface area (Å²) in [5, 5.41) is 6.24. The van der Waals surface area contributed by atoms with E-state index >= 15 is 0 Å². The van der Waals surface area contributed by atoms with Gasteiger partial charge in [0, 0.05) is 31.4 Å². The SMILES string of the molecule is O=C(NC1Cc2ccccc2C1)N[C@H]1CCN(c2ccccn2)C1. The first-order valence-electron chi connectivity index (χ1n) is 8.58. The van der Waals surface area contributed by atoms with Gasteiger partial charge in [-0.15, -0.1) is 0 Å². The normalized spacial score (nSPS) is 20.0. The Kier molecular flexibility index (Phi) is 4.07. The Morgan fingerprint density at radius 1 is 1.00 bits per heavy atom. The molecule has 1 atom stereocenters. The number of pyridine rings is 1. The van der Waals surface area contributed by atoms with Gasteiger partial charge in [-0.2, -0.15) is 0 Å². The highest BCUT2D eigenvalue weighted by Gasteiger charge is 2.27. The van der Waals surface area contributed by atoms with Gasteiger partial charge in [-0.05, 0) is 42.5 Å². The van der Waals surface area contributed by atoms with Crippen molar-refractivity contribution in [1.82, 2.24) is 15.6 Å². The molecule has 24 heavy (non-hydrogen) atoms. The van der Waals surface area contributed by atoms with Gasteiger partial charge in [0.2, 0.25) is 0 Å². The number of anilines is 1. The summed E-state index contributed by atoms with van der Waals surface area (Å²) in [7, 11) is 0. The van der Waals surface area contributed by atoms with Gasteiger partial charge in [-0.1, -0.05) is 30.3 Å². The molecule has 1 aromatic carbocycles. The Morgan fingerprint density at radius 2 is 1.71 bits per heavy atom. The van der Waals surface area contributed by atoms with E-state index in [1.807, 2.05) is 18.2 Å². The predicted molar refractivity (Wildman–Crippen MR) is 94.2 cm³/mol. The van der Waals surface area contributed by atoms with Crippen LogP contribution in [0, 0.1) is 0 Å². The monoisotopic (exact) mass is 322 g/mol. The molecule has 2 amide bonds. The van der Waals surface area contributed by atoms with E-state index in [1.54, 1.807) is 6.20 Å². The minimum absolute atomic E-state index is 0.0549. The number of nitrogens with one attached hydrogen (secondary N) is 2. The molecule has 1 aromatic heterocycles. The number of carbonyl (C=O) groups excluding carboxylic acids is 1. The molecule has 124 valence electrons. The zero-order chi connectivity index (χ0) is 16.4. The molecule has 0 saturated carbocycles. The fourth-order valence-corrected chi connectivity index (χ4v) is 3.70. The molecular weight excluding hydrogens is 300 g/mol. The summed E-state index contributed by atoms with van der Waals surface area (Å²) in [4.78, 5) is 18.9. The minimum atomic E-state index is -0.0549. The quantitative estimate of drug-likeness (QED) is 0.910. The molecule has 0 radical (unpaired) electrons. The highest BCUT2D eigenvalue weighted by Crippen LogP contribution is 2.22. The predicted octanol–water partition coefficient (Wildman–Crippen LogP) is 2.13. The molecule has 1 aliphatic carbocycles. The molecule has 2 aliphatic rings. The standard InChI is InChI=1S/C19H22N4O/c24-19(22-17-11-14-5-1-2-6-15(14)12-17)21-16-8-10-23(13-16)18-7-3-4-9-20-18/h1-7,9,16-17H,8,10-13H2,(H2,21,22,24)/t16-/m0/s1. The van der Waals surface area contributed by atoms with E-state index in [0.717, 1.165) is 38.2 Å². The molecule has 2 N–H and O–H groups in total. The average molecular weight is 322 g/mol. The first-order valence-corrected chi connectivity index (χ1v) is 8.58. The molecule has 5 heteroatoms. The summed E-state index contributed by atoms with van der Waals surface area (Å²) in [5.74, 6) is 0.980. The molecule has 1 fully saturated rings. The van der Waals surface area contributed by atoms with Crippen LogP contribution in [0.15, 0.2) is 48.7 Å². The van der Waals surface area contributed by atoms with E-state index in [9.17, 15) is 4.79 Å². The van der Waals surface area contributed by atoms with Gasteiger partial charge in [0.25, 0.3) is 0 Å². The van der Waals surface area contributed by atoms with E-state index in [-0.39, 0.29) is 18.1 Å². The maximum atomic E-state index is 12.3. The van der Waals surface area contributed by atoms with Gasteiger partial charge in [0.05, 0.1) is 0 Å². The molecule has 0 unspecified atom stereocenters. The number of hydrogen-bond acceptors (Lipinski definition) is 3. The molecule has 2 heterocycles. The summed E-state index contributed by atoms with van der Waals surface area (Å²) in [6, 6.07) is 14.7. The second-order valence-electron chi connectivity index (χ2n) is 6.61. The Hall–Kier alpha value is -2.56. The third-order valence-electron chi connectivity index (χ3n) is 4.88. The molecule has 5 nitrogen and oxygen atoms in total. The van der Waals surface area contributed by atoms with Crippen molar-refractivity contribution in [1.29, 1.82) is 0 Å². The van der Waals surface area contributed by atoms with Gasteiger partial charge in [0.15, 0.2) is 0 Å². The highest BCUT2D eigenvalue weighted by atomic mass is 16.2. The van der Waals surface area contributed by atoms with Crippen LogP contribution in [0.5, 0.6) is 0 Å². The molecule has 2 aromatic rings. The lowest BCUT2D eigenvalue weighted by Gasteiger charge is -2.19. The Labute approximate surface area is 142 Å². The van der Waals surface area contributed by atoms with Crippen molar-refractivity contribution in [3.8, 4) is 0 Å².